The molecule has 4 amide bonds. The topological polar surface area (TPSA) is 181 Å². The lowest BCUT2D eigenvalue weighted by molar-refractivity contribution is -0.111. The normalized spacial score (nSPS) is 22.3. The van der Waals surface area contributed by atoms with Crippen molar-refractivity contribution in [2.75, 3.05) is 58.1 Å². The van der Waals surface area contributed by atoms with Gasteiger partial charge >= 0.3 is 0 Å². The number of aryl methyl sites for hydroxylation is 2. The number of hydrogen-bond donors (Lipinski definition) is 3. The van der Waals surface area contributed by atoms with Gasteiger partial charge in [-0.1, -0.05) is 34.3 Å². The molecule has 17 nitrogen and oxygen atoms in total. The molecule has 3 atom stereocenters. The van der Waals surface area contributed by atoms with E-state index in [-0.39, 0.29) is 64.0 Å². The van der Waals surface area contributed by atoms with Crippen LogP contribution in [-0.2, 0) is 37.8 Å². The number of aliphatic hydroxyl groups is 1. The molecule has 6 aliphatic rings. The van der Waals surface area contributed by atoms with Crippen molar-refractivity contribution in [3.63, 3.8) is 0 Å². The lowest BCUT2D eigenvalue weighted by Crippen LogP contribution is -2.58. The van der Waals surface area contributed by atoms with Crippen molar-refractivity contribution < 1.29 is 24.3 Å². The Balaban J connectivity index is 0.776. The minimum absolute atomic E-state index is 0.0352. The molecular formula is C60H73N11O6. The van der Waals surface area contributed by atoms with Crippen LogP contribution in [0.3, 0.4) is 0 Å². The maximum Gasteiger partial charge on any atom is 0.293 e. The molecule has 3 aromatic heterocycles. The average Bonchev–Trinajstić information content (AvgIpc) is 4.11. The summed E-state index contributed by atoms with van der Waals surface area (Å²) in [5, 5.41) is 17.1. The van der Waals surface area contributed by atoms with Crippen molar-refractivity contribution in [1.82, 2.24) is 28.9 Å². The summed E-state index contributed by atoms with van der Waals surface area (Å²) >= 11 is 0. The molecule has 4 aliphatic heterocycles. The number of anilines is 6. The van der Waals surface area contributed by atoms with E-state index in [4.69, 9.17) is 4.98 Å². The largest absolute Gasteiger partial charge is 0.392 e. The third kappa shape index (κ3) is 9.42. The molecule has 404 valence electrons. The third-order valence-electron chi connectivity index (χ3n) is 17.7. The quantitative estimate of drug-likeness (QED) is 0.0853. The first-order valence-electron chi connectivity index (χ1n) is 27.6. The van der Waals surface area contributed by atoms with Gasteiger partial charge in [-0.3, -0.25) is 38.7 Å². The fourth-order valence-corrected chi connectivity index (χ4v) is 13.5. The Morgan fingerprint density at radius 1 is 0.818 bits per heavy atom. The number of carbonyl (C=O) groups excluding carboxylic acids is 4. The SMILES string of the molecule is C=CC(=O)Nc1cc(Nc2nc(-c3ccnc(N4CCn5c(cc6c5CC(C)(C)C6)C4=O)c3CO)cn(C)c2=O)ccc1N1CCN(C2CCN(c3cc4c(cc3C)C(=O)N(C3CCC(C)(C)CC3)C4=O)[C@@H](C)C2)C[C@@H]1C. The van der Waals surface area contributed by atoms with Crippen molar-refractivity contribution in [3.05, 3.63) is 117 Å². The molecule has 1 saturated carbocycles. The zero-order valence-electron chi connectivity index (χ0n) is 45.9. The number of nitrogens with one attached hydrogen (secondary N) is 2. The van der Waals surface area contributed by atoms with Crippen LogP contribution in [0.2, 0.25) is 0 Å². The zero-order valence-corrected chi connectivity index (χ0v) is 45.9. The van der Waals surface area contributed by atoms with Crippen LogP contribution in [0.5, 0.6) is 0 Å². The summed E-state index contributed by atoms with van der Waals surface area (Å²) < 4.78 is 3.57. The lowest BCUT2D eigenvalue weighted by Gasteiger charge is -2.48. The smallest absolute Gasteiger partial charge is 0.293 e. The molecule has 7 heterocycles. The average molecular weight is 1040 g/mol. The minimum Gasteiger partial charge on any atom is -0.392 e. The van der Waals surface area contributed by atoms with Crippen molar-refractivity contribution in [2.24, 2.45) is 17.9 Å². The Morgan fingerprint density at radius 3 is 2.27 bits per heavy atom. The van der Waals surface area contributed by atoms with Crippen LogP contribution in [-0.4, -0.2) is 115 Å². The van der Waals surface area contributed by atoms with E-state index in [0.29, 0.717) is 70.0 Å². The number of amides is 4. The Bertz CT molecular complexity index is 3310. The highest BCUT2D eigenvalue weighted by atomic mass is 16.3. The number of hydrogen-bond acceptors (Lipinski definition) is 12. The maximum absolute atomic E-state index is 14.1. The van der Waals surface area contributed by atoms with Gasteiger partial charge in [-0.2, -0.15) is 0 Å². The second-order valence-corrected chi connectivity index (χ2v) is 24.2. The standard InChI is InChI=1S/C60H73N11O6/c1-10-52(73)63-46-28-39(62-53-58(77)65(9)33-47(64-53)42-15-19-61-54(45(42)34-72)70-24-23-69-50(57(70)76)27-38-30-60(7,8)31-51(38)69)11-12-48(46)68-22-21-66(32-37(68)4)41-16-20-67(36(3)26-41)49-29-44-43(25-35(49)2)55(74)71(56(44)75)40-13-17-59(5,6)18-14-40/h10-12,15,19,25,27-29,33,36-37,40-41,72H,1,13-14,16-18,20-24,26,30-32,34H2,2-9H3,(H,62,64)(H,63,73)/t36-,37-,41?/m0/s1. The highest BCUT2D eigenvalue weighted by Crippen LogP contribution is 2.43. The Kier molecular flexibility index (Phi) is 13.3. The molecule has 0 spiro atoms. The number of pyridine rings is 1. The van der Waals surface area contributed by atoms with Gasteiger partial charge < -0.3 is 34.7 Å². The number of carbonyl (C=O) groups is 4. The van der Waals surface area contributed by atoms with Gasteiger partial charge in [0.05, 0.1) is 34.8 Å². The van der Waals surface area contributed by atoms with E-state index in [9.17, 15) is 29.1 Å². The molecular weight excluding hydrogens is 971 g/mol. The molecule has 0 bridgehead atoms. The maximum atomic E-state index is 14.1. The van der Waals surface area contributed by atoms with Gasteiger partial charge in [0, 0.05) is 111 Å². The first-order valence-corrected chi connectivity index (χ1v) is 27.6. The number of imide groups is 1. The number of benzene rings is 2. The van der Waals surface area contributed by atoms with E-state index in [1.165, 1.54) is 21.9 Å². The molecule has 2 saturated heterocycles. The summed E-state index contributed by atoms with van der Waals surface area (Å²) in [7, 11) is 1.64. The summed E-state index contributed by atoms with van der Waals surface area (Å²) in [6.07, 6.45) is 11.9. The minimum atomic E-state index is -0.414. The second kappa shape index (κ2) is 19.7. The first-order chi connectivity index (χ1) is 36.7. The first kappa shape index (κ1) is 52.0. The summed E-state index contributed by atoms with van der Waals surface area (Å²) in [6, 6.07) is 13.9. The third-order valence-corrected chi connectivity index (χ3v) is 17.7. The second-order valence-electron chi connectivity index (χ2n) is 24.2. The van der Waals surface area contributed by atoms with E-state index >= 15 is 0 Å². The van der Waals surface area contributed by atoms with Gasteiger partial charge in [-0.25, -0.2) is 9.97 Å². The van der Waals surface area contributed by atoms with Crippen LogP contribution in [0, 0.1) is 17.8 Å². The number of piperidine rings is 1. The van der Waals surface area contributed by atoms with Crippen LogP contribution < -0.4 is 30.9 Å². The van der Waals surface area contributed by atoms with Crippen molar-refractivity contribution >= 4 is 58.0 Å². The van der Waals surface area contributed by atoms with Crippen molar-refractivity contribution in [2.45, 2.75) is 137 Å². The van der Waals surface area contributed by atoms with Gasteiger partial charge in [-0.05, 0) is 143 Å². The molecule has 77 heavy (non-hydrogen) atoms. The predicted octanol–water partition coefficient (Wildman–Crippen LogP) is 8.23. The van der Waals surface area contributed by atoms with Crippen LogP contribution in [0.25, 0.3) is 11.3 Å². The molecule has 1 unspecified atom stereocenters. The number of aliphatic hydroxyl groups excluding tert-OH is 1. The number of rotatable bonds is 11. The molecule has 5 aromatic rings. The molecule has 3 N–H and O–H groups in total. The monoisotopic (exact) mass is 1040 g/mol. The van der Waals surface area contributed by atoms with E-state index in [1.807, 2.05) is 30.3 Å². The predicted molar refractivity (Wildman–Crippen MR) is 300 cm³/mol. The summed E-state index contributed by atoms with van der Waals surface area (Å²) in [5.74, 6) is -0.449. The number of piperazine rings is 1. The molecule has 2 aliphatic carbocycles. The van der Waals surface area contributed by atoms with Crippen LogP contribution in [0.15, 0.2) is 72.3 Å². The summed E-state index contributed by atoms with van der Waals surface area (Å²) in [4.78, 5) is 88.4. The summed E-state index contributed by atoms with van der Waals surface area (Å²) in [6.45, 7) is 23.0. The molecule has 2 aromatic carbocycles. The van der Waals surface area contributed by atoms with Crippen LogP contribution in [0.1, 0.15) is 134 Å². The molecule has 11 rings (SSSR count). The number of fused-ring (bicyclic) bond motifs is 4. The summed E-state index contributed by atoms with van der Waals surface area (Å²) in [5.41, 5.74) is 9.47. The molecule has 17 heteroatoms. The van der Waals surface area contributed by atoms with Crippen LogP contribution >= 0.6 is 0 Å². The Morgan fingerprint density at radius 2 is 1.56 bits per heavy atom. The van der Waals surface area contributed by atoms with E-state index in [2.05, 4.69) is 89.9 Å². The van der Waals surface area contributed by atoms with Gasteiger partial charge in [0.1, 0.15) is 11.5 Å². The fraction of sp³-hybridized carbons (Fsp3) is 0.483. The lowest BCUT2D eigenvalue weighted by atomic mass is 9.75. The highest BCUT2D eigenvalue weighted by Gasteiger charge is 2.44. The van der Waals surface area contributed by atoms with Gasteiger partial charge in [0.2, 0.25) is 5.91 Å². The van der Waals surface area contributed by atoms with Crippen molar-refractivity contribution in [1.29, 1.82) is 0 Å². The van der Waals surface area contributed by atoms with Gasteiger partial charge in [0.15, 0.2) is 5.82 Å². The van der Waals surface area contributed by atoms with Crippen molar-refractivity contribution in [3.8, 4) is 11.3 Å². The van der Waals surface area contributed by atoms with E-state index in [0.717, 1.165) is 94.5 Å². The fourth-order valence-electron chi connectivity index (χ4n) is 13.5. The Hall–Kier alpha value is -7.11. The van der Waals surface area contributed by atoms with Gasteiger partial charge in [-0.15, -0.1) is 0 Å². The molecule has 0 radical (unpaired) electrons. The number of nitrogens with zero attached hydrogens (tertiary/aromatic N) is 9. The molecule has 3 fully saturated rings. The highest BCUT2D eigenvalue weighted by molar-refractivity contribution is 6.22. The Labute approximate surface area is 450 Å². The van der Waals surface area contributed by atoms with E-state index in [1.54, 1.807) is 41.4 Å². The van der Waals surface area contributed by atoms with Gasteiger partial charge in [0.25, 0.3) is 23.3 Å². The zero-order chi connectivity index (χ0) is 54.4. The number of aromatic nitrogens is 4. The van der Waals surface area contributed by atoms with E-state index < -0.39 is 6.61 Å². The van der Waals surface area contributed by atoms with Crippen LogP contribution in [0.4, 0.5) is 34.4 Å².